The van der Waals surface area contributed by atoms with E-state index in [0.717, 1.165) is 5.56 Å². The van der Waals surface area contributed by atoms with Gasteiger partial charge in [0.1, 0.15) is 6.61 Å². The van der Waals surface area contributed by atoms with E-state index in [2.05, 4.69) is 0 Å². The summed E-state index contributed by atoms with van der Waals surface area (Å²) in [5.41, 5.74) is 0.851. The Labute approximate surface area is 104 Å². The Morgan fingerprint density at radius 2 is 1.65 bits per heavy atom. The van der Waals surface area contributed by atoms with Gasteiger partial charge >= 0.3 is 0 Å². The Bertz CT molecular complexity index is 549. The molecule has 86 valence electrons. The third-order valence-electron chi connectivity index (χ3n) is 2.27. The van der Waals surface area contributed by atoms with Crippen LogP contribution in [0.4, 0.5) is 0 Å². The van der Waals surface area contributed by atoms with Crippen molar-refractivity contribution in [1.29, 1.82) is 0 Å². The Morgan fingerprint density at radius 3 is 2.41 bits per heavy atom. The molecule has 2 aromatic carbocycles. The van der Waals surface area contributed by atoms with Crippen LogP contribution in [-0.4, -0.2) is 0 Å². The quantitative estimate of drug-likeness (QED) is 0.831. The van der Waals surface area contributed by atoms with Gasteiger partial charge in [0.2, 0.25) is 5.43 Å². The van der Waals surface area contributed by atoms with Crippen LogP contribution in [0.25, 0.3) is 0 Å². The van der Waals surface area contributed by atoms with Crippen LogP contribution in [0.1, 0.15) is 5.56 Å². The van der Waals surface area contributed by atoms with Crippen molar-refractivity contribution in [3.05, 3.63) is 75.4 Å². The van der Waals surface area contributed by atoms with Gasteiger partial charge in [-0.15, -0.1) is 0 Å². The van der Waals surface area contributed by atoms with Crippen LogP contribution in [-0.2, 0) is 6.61 Å². The van der Waals surface area contributed by atoms with Gasteiger partial charge in [-0.1, -0.05) is 41.9 Å². The topological polar surface area (TPSA) is 26.3 Å². The highest BCUT2D eigenvalue weighted by Gasteiger charge is 1.98. The second-order valence-electron chi connectivity index (χ2n) is 3.55. The molecule has 3 heteroatoms. The van der Waals surface area contributed by atoms with E-state index in [9.17, 15) is 4.79 Å². The molecule has 0 atom stereocenters. The highest BCUT2D eigenvalue weighted by atomic mass is 35.5. The highest BCUT2D eigenvalue weighted by Crippen LogP contribution is 2.11. The zero-order valence-corrected chi connectivity index (χ0v) is 9.85. The Morgan fingerprint density at radius 1 is 0.941 bits per heavy atom. The molecule has 0 spiro atoms. The standard InChI is InChI=1S/C14H11ClO2/c15-12-8-6-11(7-9-12)10-17-14-5-3-1-2-4-13(14)16/h1-9H,10H2. The molecule has 0 heterocycles. The molecule has 0 N–H and O–H groups in total. The molecular weight excluding hydrogens is 236 g/mol. The second-order valence-corrected chi connectivity index (χ2v) is 3.99. The van der Waals surface area contributed by atoms with Gasteiger partial charge in [0.15, 0.2) is 5.75 Å². The van der Waals surface area contributed by atoms with Gasteiger partial charge in [-0.25, -0.2) is 0 Å². The van der Waals surface area contributed by atoms with E-state index in [4.69, 9.17) is 16.3 Å². The minimum absolute atomic E-state index is 0.121. The average Bonchev–Trinajstić information content (AvgIpc) is 2.54. The maximum atomic E-state index is 11.5. The molecule has 2 rings (SSSR count). The Kier molecular flexibility index (Phi) is 3.78. The molecule has 0 aliphatic heterocycles. The summed E-state index contributed by atoms with van der Waals surface area (Å²) in [6, 6.07) is 15.7. The lowest BCUT2D eigenvalue weighted by Gasteiger charge is -2.03. The van der Waals surface area contributed by atoms with Gasteiger partial charge in [-0.2, -0.15) is 0 Å². The Hall–Kier alpha value is -1.80. The number of rotatable bonds is 3. The summed E-state index contributed by atoms with van der Waals surface area (Å²) in [5.74, 6) is 0.352. The molecule has 0 amide bonds. The first-order valence-corrected chi connectivity index (χ1v) is 5.60. The third-order valence-corrected chi connectivity index (χ3v) is 2.52. The van der Waals surface area contributed by atoms with Crippen molar-refractivity contribution in [2.24, 2.45) is 0 Å². The van der Waals surface area contributed by atoms with E-state index >= 15 is 0 Å². The molecule has 2 nitrogen and oxygen atoms in total. The van der Waals surface area contributed by atoms with E-state index in [1.165, 1.54) is 6.07 Å². The van der Waals surface area contributed by atoms with Gasteiger partial charge < -0.3 is 4.74 Å². The first kappa shape index (κ1) is 11.7. The smallest absolute Gasteiger partial charge is 0.220 e. The zero-order chi connectivity index (χ0) is 12.1. The molecule has 0 saturated heterocycles. The zero-order valence-electron chi connectivity index (χ0n) is 9.10. The normalized spacial score (nSPS) is 9.94. The van der Waals surface area contributed by atoms with Crippen LogP contribution in [0.15, 0.2) is 59.4 Å². The molecular formula is C14H11ClO2. The predicted octanol–water partition coefficient (Wildman–Crippen LogP) is 3.28. The second kappa shape index (κ2) is 5.51. The van der Waals surface area contributed by atoms with Crippen LogP contribution in [0, 0.1) is 0 Å². The maximum absolute atomic E-state index is 11.5. The van der Waals surface area contributed by atoms with Gasteiger partial charge in [0.25, 0.3) is 0 Å². The lowest BCUT2D eigenvalue weighted by atomic mass is 10.2. The minimum Gasteiger partial charge on any atom is -0.485 e. The van der Waals surface area contributed by atoms with Crippen molar-refractivity contribution >= 4 is 11.6 Å². The lowest BCUT2D eigenvalue weighted by molar-refractivity contribution is 0.304. The van der Waals surface area contributed by atoms with Gasteiger partial charge in [0.05, 0.1) is 0 Å². The molecule has 2 aromatic rings. The number of halogens is 1. The summed E-state index contributed by atoms with van der Waals surface area (Å²) in [6.45, 7) is 0.358. The van der Waals surface area contributed by atoms with Gasteiger partial charge in [0, 0.05) is 5.02 Å². The van der Waals surface area contributed by atoms with E-state index < -0.39 is 0 Å². The van der Waals surface area contributed by atoms with Crippen LogP contribution in [0.3, 0.4) is 0 Å². The summed E-state index contributed by atoms with van der Waals surface area (Å²) in [4.78, 5) is 11.5. The van der Waals surface area contributed by atoms with Crippen molar-refractivity contribution in [1.82, 2.24) is 0 Å². The van der Waals surface area contributed by atoms with E-state index in [0.29, 0.717) is 17.4 Å². The van der Waals surface area contributed by atoms with Crippen molar-refractivity contribution in [2.45, 2.75) is 6.61 Å². The first-order chi connectivity index (χ1) is 8.25. The molecule has 0 saturated carbocycles. The largest absolute Gasteiger partial charge is 0.485 e. The molecule has 0 radical (unpaired) electrons. The number of hydrogen-bond donors (Lipinski definition) is 0. The van der Waals surface area contributed by atoms with E-state index in [1.54, 1.807) is 36.4 Å². The van der Waals surface area contributed by atoms with E-state index in [-0.39, 0.29) is 5.43 Å². The fourth-order valence-corrected chi connectivity index (χ4v) is 1.50. The van der Waals surface area contributed by atoms with Gasteiger partial charge in [-0.3, -0.25) is 4.79 Å². The summed E-state index contributed by atoms with van der Waals surface area (Å²) >= 11 is 5.78. The third kappa shape index (κ3) is 3.33. The number of benzene rings is 1. The SMILES string of the molecule is O=c1cccccc1OCc1ccc(Cl)cc1. The van der Waals surface area contributed by atoms with E-state index in [1.807, 2.05) is 12.1 Å². The Balaban J connectivity index is 2.10. The lowest BCUT2D eigenvalue weighted by Crippen LogP contribution is -2.04. The molecule has 17 heavy (non-hydrogen) atoms. The van der Waals surface area contributed by atoms with Crippen LogP contribution in [0.5, 0.6) is 5.75 Å². The van der Waals surface area contributed by atoms with Gasteiger partial charge in [-0.05, 0) is 29.8 Å². The van der Waals surface area contributed by atoms with Crippen molar-refractivity contribution < 1.29 is 4.74 Å². The van der Waals surface area contributed by atoms with Crippen molar-refractivity contribution in [3.8, 4) is 5.75 Å². The molecule has 0 aliphatic rings. The summed E-state index contributed by atoms with van der Waals surface area (Å²) in [7, 11) is 0. The summed E-state index contributed by atoms with van der Waals surface area (Å²) in [6.07, 6.45) is 0. The fraction of sp³-hybridized carbons (Fsp3) is 0.0714. The number of ether oxygens (including phenoxy) is 1. The number of hydrogen-bond acceptors (Lipinski definition) is 2. The van der Waals surface area contributed by atoms with Crippen molar-refractivity contribution in [2.75, 3.05) is 0 Å². The fourth-order valence-electron chi connectivity index (χ4n) is 1.38. The molecule has 0 aliphatic carbocycles. The highest BCUT2D eigenvalue weighted by molar-refractivity contribution is 6.30. The monoisotopic (exact) mass is 246 g/mol. The first-order valence-electron chi connectivity index (χ1n) is 5.22. The molecule has 0 bridgehead atoms. The summed E-state index contributed by atoms with van der Waals surface area (Å²) < 4.78 is 5.47. The molecule has 0 fully saturated rings. The minimum atomic E-state index is -0.121. The summed E-state index contributed by atoms with van der Waals surface area (Å²) in [5, 5.41) is 0.685. The van der Waals surface area contributed by atoms with Crippen LogP contribution in [0.2, 0.25) is 5.02 Å². The molecule has 0 unspecified atom stereocenters. The predicted molar refractivity (Wildman–Crippen MR) is 68.5 cm³/mol. The van der Waals surface area contributed by atoms with Crippen LogP contribution < -0.4 is 10.2 Å². The van der Waals surface area contributed by atoms with Crippen LogP contribution >= 0.6 is 11.6 Å². The molecule has 0 aromatic heterocycles. The maximum Gasteiger partial charge on any atom is 0.220 e. The van der Waals surface area contributed by atoms with Crippen molar-refractivity contribution in [3.63, 3.8) is 0 Å². The average molecular weight is 247 g/mol.